The lowest BCUT2D eigenvalue weighted by molar-refractivity contribution is -0.142. The quantitative estimate of drug-likeness (QED) is 0.750. The maximum absolute atomic E-state index is 13.0. The maximum Gasteiger partial charge on any atom is 0.226 e. The molecule has 2 aliphatic heterocycles. The molecule has 4 heteroatoms. The van der Waals surface area contributed by atoms with E-state index in [9.17, 15) is 9.59 Å². The largest absolute Gasteiger partial charge is 0.341 e. The molecular formula is C18H26N2O2. The van der Waals surface area contributed by atoms with Gasteiger partial charge in [0.2, 0.25) is 11.8 Å². The Balaban J connectivity index is 1.45. The predicted octanol–water partition coefficient (Wildman–Crippen LogP) is 2.20. The van der Waals surface area contributed by atoms with Crippen molar-refractivity contribution in [1.82, 2.24) is 9.80 Å². The number of carbonyl (C=O) groups is 2. The molecule has 2 heterocycles. The smallest absolute Gasteiger partial charge is 0.226 e. The molecule has 0 aromatic rings. The monoisotopic (exact) mass is 302 g/mol. The molecule has 4 nitrogen and oxygen atoms in total. The van der Waals surface area contributed by atoms with Gasteiger partial charge >= 0.3 is 0 Å². The zero-order valence-electron chi connectivity index (χ0n) is 13.2. The summed E-state index contributed by atoms with van der Waals surface area (Å²) in [5.74, 6) is 1.98. The fourth-order valence-corrected chi connectivity index (χ4v) is 4.91. The lowest BCUT2D eigenvalue weighted by atomic mass is 9.90. The molecule has 2 amide bonds. The molecule has 3 fully saturated rings. The molecule has 0 N–H and O–H groups in total. The standard InChI is InChI=1S/C18H26N2O2/c21-17-5-3-8-19(17)12-15-4-1-2-9-20(15)18(22)16-11-13-6-7-14(16)10-13/h6-7,13-16H,1-5,8-12H2/t13-,14-,15+,16-/m0/s1. The number of carbonyl (C=O) groups excluding carboxylic acids is 2. The van der Waals surface area contributed by atoms with Gasteiger partial charge in [0.1, 0.15) is 0 Å². The summed E-state index contributed by atoms with van der Waals surface area (Å²) < 4.78 is 0. The van der Waals surface area contributed by atoms with Gasteiger partial charge in [-0.15, -0.1) is 0 Å². The van der Waals surface area contributed by atoms with Crippen molar-refractivity contribution in [2.45, 2.75) is 51.0 Å². The fourth-order valence-electron chi connectivity index (χ4n) is 4.91. The van der Waals surface area contributed by atoms with Crippen LogP contribution in [0, 0.1) is 17.8 Å². The molecule has 4 aliphatic rings. The third-order valence-electron chi connectivity index (χ3n) is 6.11. The van der Waals surface area contributed by atoms with E-state index in [-0.39, 0.29) is 17.9 Å². The van der Waals surface area contributed by atoms with Crippen LogP contribution in [0.2, 0.25) is 0 Å². The van der Waals surface area contributed by atoms with Crippen LogP contribution >= 0.6 is 0 Å². The molecule has 2 aliphatic carbocycles. The van der Waals surface area contributed by atoms with Gasteiger partial charge in [-0.2, -0.15) is 0 Å². The average molecular weight is 302 g/mol. The highest BCUT2D eigenvalue weighted by Crippen LogP contribution is 2.44. The van der Waals surface area contributed by atoms with Crippen molar-refractivity contribution in [2.24, 2.45) is 17.8 Å². The highest BCUT2D eigenvalue weighted by atomic mass is 16.2. The van der Waals surface area contributed by atoms with Gasteiger partial charge < -0.3 is 9.80 Å². The summed E-state index contributed by atoms with van der Waals surface area (Å²) in [6.45, 7) is 2.54. The SMILES string of the molecule is O=C1CCCN1C[C@H]1CCCCN1C(=O)[C@H]1C[C@H]2C=C[C@H]1C2. The maximum atomic E-state index is 13.0. The molecule has 1 saturated carbocycles. The Bertz CT molecular complexity index is 501. The number of hydrogen-bond acceptors (Lipinski definition) is 2. The number of likely N-dealkylation sites (tertiary alicyclic amines) is 2. The lowest BCUT2D eigenvalue weighted by Gasteiger charge is -2.40. The van der Waals surface area contributed by atoms with E-state index in [1.807, 2.05) is 4.90 Å². The Labute approximate surface area is 132 Å². The van der Waals surface area contributed by atoms with Crippen LogP contribution in [-0.4, -0.2) is 47.3 Å². The molecule has 0 spiro atoms. The molecule has 0 aromatic heterocycles. The number of piperidine rings is 1. The molecule has 0 aromatic carbocycles. The Hall–Kier alpha value is -1.32. The van der Waals surface area contributed by atoms with E-state index in [0.717, 1.165) is 45.3 Å². The first-order chi connectivity index (χ1) is 10.7. The zero-order chi connectivity index (χ0) is 15.1. The normalized spacial score (nSPS) is 37.4. The molecule has 120 valence electrons. The van der Waals surface area contributed by atoms with E-state index in [2.05, 4.69) is 17.1 Å². The molecule has 4 atom stereocenters. The van der Waals surface area contributed by atoms with Crippen LogP contribution in [0.5, 0.6) is 0 Å². The minimum Gasteiger partial charge on any atom is -0.341 e. The van der Waals surface area contributed by atoms with Crippen LogP contribution in [-0.2, 0) is 9.59 Å². The molecule has 0 radical (unpaired) electrons. The van der Waals surface area contributed by atoms with E-state index in [1.54, 1.807) is 0 Å². The van der Waals surface area contributed by atoms with Crippen LogP contribution in [0.4, 0.5) is 0 Å². The third kappa shape index (κ3) is 2.46. The molecule has 4 rings (SSSR count). The fraction of sp³-hybridized carbons (Fsp3) is 0.778. The van der Waals surface area contributed by atoms with Gasteiger partial charge in [-0.25, -0.2) is 0 Å². The Morgan fingerprint density at radius 1 is 1.14 bits per heavy atom. The number of fused-ring (bicyclic) bond motifs is 2. The van der Waals surface area contributed by atoms with Crippen molar-refractivity contribution in [3.63, 3.8) is 0 Å². The first kappa shape index (κ1) is 14.3. The second kappa shape index (κ2) is 5.71. The van der Waals surface area contributed by atoms with Crippen LogP contribution in [0.25, 0.3) is 0 Å². The van der Waals surface area contributed by atoms with E-state index in [1.165, 1.54) is 12.8 Å². The molecular weight excluding hydrogens is 276 g/mol. The Morgan fingerprint density at radius 2 is 2.05 bits per heavy atom. The van der Waals surface area contributed by atoms with E-state index in [4.69, 9.17) is 0 Å². The van der Waals surface area contributed by atoms with Crippen LogP contribution in [0.3, 0.4) is 0 Å². The number of amides is 2. The first-order valence-corrected chi connectivity index (χ1v) is 8.99. The summed E-state index contributed by atoms with van der Waals surface area (Å²) in [5, 5.41) is 0. The highest BCUT2D eigenvalue weighted by Gasteiger charge is 2.43. The van der Waals surface area contributed by atoms with Gasteiger partial charge in [-0.1, -0.05) is 12.2 Å². The van der Waals surface area contributed by atoms with Crippen LogP contribution < -0.4 is 0 Å². The molecule has 0 unspecified atom stereocenters. The number of hydrogen-bond donors (Lipinski definition) is 0. The van der Waals surface area contributed by atoms with E-state index >= 15 is 0 Å². The van der Waals surface area contributed by atoms with Crippen molar-refractivity contribution < 1.29 is 9.59 Å². The Kier molecular flexibility index (Phi) is 3.71. The minimum atomic E-state index is 0.213. The second-order valence-corrected chi connectivity index (χ2v) is 7.51. The van der Waals surface area contributed by atoms with Crippen LogP contribution in [0.1, 0.15) is 44.9 Å². The summed E-state index contributed by atoms with van der Waals surface area (Å²) in [4.78, 5) is 29.1. The molecule has 2 bridgehead atoms. The second-order valence-electron chi connectivity index (χ2n) is 7.51. The van der Waals surface area contributed by atoms with Gasteiger partial charge in [0.25, 0.3) is 0 Å². The summed E-state index contributed by atoms with van der Waals surface area (Å²) in [5.41, 5.74) is 0. The van der Waals surface area contributed by atoms with E-state index < -0.39 is 0 Å². The Morgan fingerprint density at radius 3 is 2.73 bits per heavy atom. The third-order valence-corrected chi connectivity index (χ3v) is 6.11. The van der Waals surface area contributed by atoms with Crippen molar-refractivity contribution in [2.75, 3.05) is 19.6 Å². The predicted molar refractivity (Wildman–Crippen MR) is 84.0 cm³/mol. The average Bonchev–Trinajstić information content (AvgIpc) is 3.25. The van der Waals surface area contributed by atoms with Crippen molar-refractivity contribution in [1.29, 1.82) is 0 Å². The number of rotatable bonds is 3. The van der Waals surface area contributed by atoms with Gasteiger partial charge in [0, 0.05) is 38.0 Å². The van der Waals surface area contributed by atoms with Crippen molar-refractivity contribution >= 4 is 11.8 Å². The van der Waals surface area contributed by atoms with Gasteiger partial charge in [0.05, 0.1) is 0 Å². The number of nitrogens with zero attached hydrogens (tertiary/aromatic N) is 2. The van der Waals surface area contributed by atoms with Crippen molar-refractivity contribution in [3.8, 4) is 0 Å². The van der Waals surface area contributed by atoms with E-state index in [0.29, 0.717) is 24.2 Å². The van der Waals surface area contributed by atoms with Gasteiger partial charge in [-0.3, -0.25) is 9.59 Å². The number of allylic oxidation sites excluding steroid dienone is 2. The van der Waals surface area contributed by atoms with Crippen molar-refractivity contribution in [3.05, 3.63) is 12.2 Å². The topological polar surface area (TPSA) is 40.6 Å². The van der Waals surface area contributed by atoms with Gasteiger partial charge in [0.15, 0.2) is 0 Å². The minimum absolute atomic E-state index is 0.213. The first-order valence-electron chi connectivity index (χ1n) is 8.99. The summed E-state index contributed by atoms with van der Waals surface area (Å²) in [6.07, 6.45) is 11.8. The lowest BCUT2D eigenvalue weighted by Crippen LogP contribution is -2.51. The summed E-state index contributed by atoms with van der Waals surface area (Å²) in [6, 6.07) is 0.256. The highest BCUT2D eigenvalue weighted by molar-refractivity contribution is 5.81. The summed E-state index contributed by atoms with van der Waals surface area (Å²) in [7, 11) is 0. The van der Waals surface area contributed by atoms with Crippen LogP contribution in [0.15, 0.2) is 12.2 Å². The molecule has 2 saturated heterocycles. The van der Waals surface area contributed by atoms with Gasteiger partial charge in [-0.05, 0) is 50.4 Å². The molecule has 22 heavy (non-hydrogen) atoms. The zero-order valence-corrected chi connectivity index (χ0v) is 13.2. The summed E-state index contributed by atoms with van der Waals surface area (Å²) >= 11 is 0.